The molecular formula is C17H28N2O. The van der Waals surface area contributed by atoms with Crippen molar-refractivity contribution in [2.24, 2.45) is 0 Å². The van der Waals surface area contributed by atoms with Crippen molar-refractivity contribution in [3.8, 4) is 5.75 Å². The first kappa shape index (κ1) is 15.3. The highest BCUT2D eigenvalue weighted by atomic mass is 16.5. The number of benzene rings is 1. The summed E-state index contributed by atoms with van der Waals surface area (Å²) in [6, 6.07) is 8.51. The van der Waals surface area contributed by atoms with Gasteiger partial charge in [0, 0.05) is 26.2 Å². The molecule has 0 spiro atoms. The maximum atomic E-state index is 5.80. The van der Waals surface area contributed by atoms with Crippen LogP contribution >= 0.6 is 0 Å². The second-order valence-electron chi connectivity index (χ2n) is 5.87. The van der Waals surface area contributed by atoms with Gasteiger partial charge in [-0.25, -0.2) is 0 Å². The average molecular weight is 276 g/mol. The van der Waals surface area contributed by atoms with E-state index < -0.39 is 0 Å². The van der Waals surface area contributed by atoms with Gasteiger partial charge in [-0.15, -0.1) is 0 Å². The molecule has 3 heteroatoms. The van der Waals surface area contributed by atoms with E-state index in [0.717, 1.165) is 31.9 Å². The van der Waals surface area contributed by atoms with Gasteiger partial charge in [0.25, 0.3) is 0 Å². The monoisotopic (exact) mass is 276 g/mol. The summed E-state index contributed by atoms with van der Waals surface area (Å²) in [4.78, 5) is 2.54. The van der Waals surface area contributed by atoms with Crippen LogP contribution in [0.4, 0.5) is 0 Å². The number of nitrogens with one attached hydrogen (secondary N) is 1. The largest absolute Gasteiger partial charge is 0.494 e. The molecule has 3 nitrogen and oxygen atoms in total. The van der Waals surface area contributed by atoms with E-state index in [4.69, 9.17) is 4.74 Å². The Morgan fingerprint density at radius 3 is 2.45 bits per heavy atom. The van der Waals surface area contributed by atoms with Crippen molar-refractivity contribution in [2.45, 2.75) is 32.6 Å². The third-order valence-electron chi connectivity index (χ3n) is 3.89. The lowest BCUT2D eigenvalue weighted by Gasteiger charge is -2.26. The fourth-order valence-electron chi connectivity index (χ4n) is 2.51. The Bertz CT molecular complexity index is 369. The van der Waals surface area contributed by atoms with Crippen molar-refractivity contribution < 1.29 is 4.74 Å². The second-order valence-corrected chi connectivity index (χ2v) is 5.87. The number of piperazine rings is 1. The number of hydrogen-bond donors (Lipinski definition) is 1. The summed E-state index contributed by atoms with van der Waals surface area (Å²) in [5.74, 6) is 1.58. The number of hydrogen-bond acceptors (Lipinski definition) is 3. The van der Waals surface area contributed by atoms with Crippen LogP contribution in [0.5, 0.6) is 5.75 Å². The van der Waals surface area contributed by atoms with Crippen LogP contribution in [0.15, 0.2) is 24.3 Å². The minimum absolute atomic E-state index is 0.586. The maximum Gasteiger partial charge on any atom is 0.119 e. The van der Waals surface area contributed by atoms with E-state index in [2.05, 4.69) is 48.3 Å². The van der Waals surface area contributed by atoms with Crippen molar-refractivity contribution in [3.63, 3.8) is 0 Å². The van der Waals surface area contributed by atoms with Crippen molar-refractivity contribution in [1.29, 1.82) is 0 Å². The molecule has 0 bridgehead atoms. The van der Waals surface area contributed by atoms with Gasteiger partial charge in [0.1, 0.15) is 5.75 Å². The molecule has 0 unspecified atom stereocenters. The zero-order chi connectivity index (χ0) is 14.2. The molecule has 20 heavy (non-hydrogen) atoms. The highest BCUT2D eigenvalue weighted by molar-refractivity contribution is 5.28. The van der Waals surface area contributed by atoms with E-state index in [-0.39, 0.29) is 0 Å². The molecule has 1 aromatic rings. The Morgan fingerprint density at radius 2 is 1.80 bits per heavy atom. The van der Waals surface area contributed by atoms with Crippen LogP contribution in [-0.4, -0.2) is 44.2 Å². The first-order chi connectivity index (χ1) is 9.75. The predicted molar refractivity (Wildman–Crippen MR) is 84.6 cm³/mol. The molecule has 2 rings (SSSR count). The highest BCUT2D eigenvalue weighted by Gasteiger charge is 2.08. The second kappa shape index (κ2) is 8.28. The smallest absolute Gasteiger partial charge is 0.119 e. The fourth-order valence-corrected chi connectivity index (χ4v) is 2.51. The standard InChI is InChI=1S/C17H28N2O/c1-15(2)16-5-7-17(8-6-16)20-14-4-3-11-19-12-9-18-10-13-19/h5-8,15,18H,3-4,9-14H2,1-2H3. The topological polar surface area (TPSA) is 24.5 Å². The van der Waals surface area contributed by atoms with Crippen LogP contribution in [0, 0.1) is 0 Å². The van der Waals surface area contributed by atoms with Gasteiger partial charge in [0.2, 0.25) is 0 Å². The molecule has 0 radical (unpaired) electrons. The van der Waals surface area contributed by atoms with Crippen LogP contribution < -0.4 is 10.1 Å². The molecule has 112 valence electrons. The normalized spacial score (nSPS) is 16.6. The molecule has 1 heterocycles. The first-order valence-corrected chi connectivity index (χ1v) is 7.91. The number of nitrogens with zero attached hydrogens (tertiary/aromatic N) is 1. The van der Waals surface area contributed by atoms with Crippen molar-refractivity contribution >= 4 is 0 Å². The molecule has 0 amide bonds. The van der Waals surface area contributed by atoms with Gasteiger partial charge in [-0.05, 0) is 43.0 Å². The molecule has 1 aliphatic rings. The van der Waals surface area contributed by atoms with Crippen LogP contribution in [0.1, 0.15) is 38.2 Å². The van der Waals surface area contributed by atoms with Crippen LogP contribution in [0.25, 0.3) is 0 Å². The molecular weight excluding hydrogens is 248 g/mol. The van der Waals surface area contributed by atoms with Crippen LogP contribution in [-0.2, 0) is 0 Å². The SMILES string of the molecule is CC(C)c1ccc(OCCCCN2CCNCC2)cc1. The van der Waals surface area contributed by atoms with Gasteiger partial charge in [-0.1, -0.05) is 26.0 Å². The van der Waals surface area contributed by atoms with Gasteiger partial charge in [-0.3, -0.25) is 0 Å². The van der Waals surface area contributed by atoms with Gasteiger partial charge in [-0.2, -0.15) is 0 Å². The minimum Gasteiger partial charge on any atom is -0.494 e. The number of unbranched alkanes of at least 4 members (excludes halogenated alkanes) is 1. The molecule has 1 saturated heterocycles. The summed E-state index contributed by atoms with van der Waals surface area (Å²) in [7, 11) is 0. The van der Waals surface area contributed by atoms with Gasteiger partial charge in [0.05, 0.1) is 6.61 Å². The summed E-state index contributed by atoms with van der Waals surface area (Å²) in [5, 5.41) is 3.38. The van der Waals surface area contributed by atoms with Gasteiger partial charge < -0.3 is 15.0 Å². The van der Waals surface area contributed by atoms with E-state index in [1.807, 2.05) is 0 Å². The van der Waals surface area contributed by atoms with Gasteiger partial charge >= 0.3 is 0 Å². The first-order valence-electron chi connectivity index (χ1n) is 7.91. The predicted octanol–water partition coefficient (Wildman–Crippen LogP) is 2.87. The van der Waals surface area contributed by atoms with E-state index in [1.54, 1.807) is 0 Å². The number of ether oxygens (including phenoxy) is 1. The quantitative estimate of drug-likeness (QED) is 0.775. The zero-order valence-electron chi connectivity index (χ0n) is 12.9. The average Bonchev–Trinajstić information content (AvgIpc) is 2.48. The minimum atomic E-state index is 0.586. The summed E-state index contributed by atoms with van der Waals surface area (Å²) < 4.78 is 5.80. The third kappa shape index (κ3) is 5.14. The Labute approximate surface area is 123 Å². The molecule has 1 aliphatic heterocycles. The molecule has 1 fully saturated rings. The lowest BCUT2D eigenvalue weighted by molar-refractivity contribution is 0.226. The lowest BCUT2D eigenvalue weighted by atomic mass is 10.0. The molecule has 0 saturated carbocycles. The molecule has 0 aliphatic carbocycles. The fraction of sp³-hybridized carbons (Fsp3) is 0.647. The Balaban J connectivity index is 1.58. The zero-order valence-corrected chi connectivity index (χ0v) is 12.9. The summed E-state index contributed by atoms with van der Waals surface area (Å²) in [6.45, 7) is 11.1. The van der Waals surface area contributed by atoms with Crippen LogP contribution in [0.3, 0.4) is 0 Å². The van der Waals surface area contributed by atoms with Crippen molar-refractivity contribution in [2.75, 3.05) is 39.3 Å². The summed E-state index contributed by atoms with van der Waals surface area (Å²) in [5.41, 5.74) is 1.37. The molecule has 0 aromatic heterocycles. The molecule has 0 atom stereocenters. The Kier molecular flexibility index (Phi) is 6.34. The van der Waals surface area contributed by atoms with E-state index >= 15 is 0 Å². The third-order valence-corrected chi connectivity index (χ3v) is 3.89. The van der Waals surface area contributed by atoms with Crippen molar-refractivity contribution in [1.82, 2.24) is 10.2 Å². The summed E-state index contributed by atoms with van der Waals surface area (Å²) >= 11 is 0. The van der Waals surface area contributed by atoms with Crippen LogP contribution in [0.2, 0.25) is 0 Å². The van der Waals surface area contributed by atoms with E-state index in [0.29, 0.717) is 5.92 Å². The number of rotatable bonds is 7. The van der Waals surface area contributed by atoms with E-state index in [9.17, 15) is 0 Å². The molecule has 1 N–H and O–H groups in total. The van der Waals surface area contributed by atoms with Gasteiger partial charge in [0.15, 0.2) is 0 Å². The Morgan fingerprint density at radius 1 is 1.10 bits per heavy atom. The van der Waals surface area contributed by atoms with Crippen molar-refractivity contribution in [3.05, 3.63) is 29.8 Å². The molecule has 1 aromatic carbocycles. The highest BCUT2D eigenvalue weighted by Crippen LogP contribution is 2.18. The summed E-state index contributed by atoms with van der Waals surface area (Å²) in [6.07, 6.45) is 2.36. The van der Waals surface area contributed by atoms with E-state index in [1.165, 1.54) is 31.6 Å². The lowest BCUT2D eigenvalue weighted by Crippen LogP contribution is -2.43. The Hall–Kier alpha value is -1.06. The maximum absolute atomic E-state index is 5.80.